The minimum absolute atomic E-state index is 0.0877. The summed E-state index contributed by atoms with van der Waals surface area (Å²) in [6, 6.07) is 5.86. The lowest BCUT2D eigenvalue weighted by Crippen LogP contribution is -2.32. The highest BCUT2D eigenvalue weighted by atomic mass is 32.1. The summed E-state index contributed by atoms with van der Waals surface area (Å²) < 4.78 is 37.7. The molecule has 0 unspecified atom stereocenters. The molecule has 1 saturated heterocycles. The van der Waals surface area contributed by atoms with Gasteiger partial charge in [-0.2, -0.15) is 13.2 Å². The van der Waals surface area contributed by atoms with Gasteiger partial charge in [0.1, 0.15) is 4.88 Å². The van der Waals surface area contributed by atoms with Crippen LogP contribution in [0.25, 0.3) is 0 Å². The van der Waals surface area contributed by atoms with E-state index in [1.54, 1.807) is 11.4 Å². The molecule has 0 saturated carbocycles. The molecule has 1 aromatic heterocycles. The Morgan fingerprint density at radius 1 is 1.16 bits per heavy atom. The first kappa shape index (κ1) is 17.3. The zero-order chi connectivity index (χ0) is 18.2. The van der Waals surface area contributed by atoms with E-state index in [4.69, 9.17) is 5.11 Å². The Balaban J connectivity index is 1.72. The van der Waals surface area contributed by atoms with Crippen molar-refractivity contribution in [2.45, 2.75) is 12.7 Å². The maximum Gasteiger partial charge on any atom is 0.416 e. The number of carbonyl (C=O) groups is 2. The molecule has 1 aliphatic heterocycles. The number of rotatable bonds is 4. The zero-order valence-corrected chi connectivity index (χ0v) is 13.6. The number of nitrogens with zero attached hydrogens (tertiary/aromatic N) is 2. The molecular weight excluding hydrogens is 357 g/mol. The molecule has 2 aromatic rings. The Labute approximate surface area is 144 Å². The summed E-state index contributed by atoms with van der Waals surface area (Å²) in [4.78, 5) is 26.6. The Morgan fingerprint density at radius 2 is 1.84 bits per heavy atom. The van der Waals surface area contributed by atoms with Gasteiger partial charge in [-0.15, -0.1) is 11.3 Å². The van der Waals surface area contributed by atoms with Gasteiger partial charge in [-0.3, -0.25) is 4.90 Å². The molecule has 3 rings (SSSR count). The quantitative estimate of drug-likeness (QED) is 0.888. The minimum atomic E-state index is -4.40. The van der Waals surface area contributed by atoms with Gasteiger partial charge in [0.05, 0.1) is 11.3 Å². The predicted octanol–water partition coefficient (Wildman–Crippen LogP) is 3.91. The highest BCUT2D eigenvalue weighted by molar-refractivity contribution is 7.12. The Kier molecular flexibility index (Phi) is 4.42. The molecule has 0 radical (unpaired) electrons. The first-order chi connectivity index (χ1) is 11.8. The molecule has 0 bridgehead atoms. The van der Waals surface area contributed by atoms with Crippen molar-refractivity contribution >= 4 is 29.0 Å². The molecule has 1 N–H and O–H groups in total. The number of hydrogen-bond donors (Lipinski definition) is 1. The summed E-state index contributed by atoms with van der Waals surface area (Å²) in [5.74, 6) is -1.10. The number of carboxylic acids is 1. The average molecular weight is 370 g/mol. The molecule has 1 aromatic carbocycles. The fourth-order valence-electron chi connectivity index (χ4n) is 2.65. The van der Waals surface area contributed by atoms with Crippen LogP contribution in [0.1, 0.15) is 20.8 Å². The van der Waals surface area contributed by atoms with Crippen LogP contribution >= 0.6 is 11.3 Å². The number of halogens is 3. The van der Waals surface area contributed by atoms with Crippen LogP contribution < -0.4 is 4.90 Å². The maximum atomic E-state index is 12.6. The number of hydrogen-bond acceptors (Lipinski definition) is 3. The van der Waals surface area contributed by atoms with Crippen LogP contribution in [0.15, 0.2) is 35.7 Å². The summed E-state index contributed by atoms with van der Waals surface area (Å²) in [6.07, 6.45) is -4.40. The summed E-state index contributed by atoms with van der Waals surface area (Å²) in [7, 11) is 0. The van der Waals surface area contributed by atoms with Gasteiger partial charge in [-0.25, -0.2) is 9.59 Å². The first-order valence-corrected chi connectivity index (χ1v) is 8.18. The number of aromatic carboxylic acids is 1. The van der Waals surface area contributed by atoms with Crippen LogP contribution in [0.3, 0.4) is 0 Å². The molecular formula is C16H13F3N2O3S. The van der Waals surface area contributed by atoms with Crippen molar-refractivity contribution in [3.63, 3.8) is 0 Å². The monoisotopic (exact) mass is 370 g/mol. The maximum absolute atomic E-state index is 12.6. The van der Waals surface area contributed by atoms with Crippen LogP contribution in [-0.4, -0.2) is 35.1 Å². The normalized spacial score (nSPS) is 15.1. The van der Waals surface area contributed by atoms with E-state index in [9.17, 15) is 22.8 Å². The lowest BCUT2D eigenvalue weighted by Gasteiger charge is -2.18. The molecule has 9 heteroatoms. The number of carboxylic acid groups (broad SMARTS) is 1. The molecule has 0 atom stereocenters. The number of urea groups is 1. The van der Waals surface area contributed by atoms with Gasteiger partial charge < -0.3 is 10.0 Å². The summed E-state index contributed by atoms with van der Waals surface area (Å²) in [5.41, 5.74) is 0.180. The van der Waals surface area contributed by atoms with Crippen molar-refractivity contribution in [3.8, 4) is 0 Å². The molecule has 25 heavy (non-hydrogen) atoms. The highest BCUT2D eigenvalue weighted by Gasteiger charge is 2.33. The molecule has 0 spiro atoms. The van der Waals surface area contributed by atoms with Crippen LogP contribution in [0, 0.1) is 0 Å². The zero-order valence-electron chi connectivity index (χ0n) is 12.8. The summed E-state index contributed by atoms with van der Waals surface area (Å²) in [6.45, 7) is 0.866. The molecule has 2 heterocycles. The predicted molar refractivity (Wildman–Crippen MR) is 85.9 cm³/mol. The lowest BCUT2D eigenvalue weighted by atomic mass is 10.1. The molecule has 5 nitrogen and oxygen atoms in total. The summed E-state index contributed by atoms with van der Waals surface area (Å²) >= 11 is 1.04. The molecule has 2 amide bonds. The smallest absolute Gasteiger partial charge is 0.416 e. The van der Waals surface area contributed by atoms with Gasteiger partial charge >= 0.3 is 18.2 Å². The van der Waals surface area contributed by atoms with E-state index in [0.717, 1.165) is 23.5 Å². The molecule has 132 valence electrons. The lowest BCUT2D eigenvalue weighted by molar-refractivity contribution is -0.137. The average Bonchev–Trinajstić information content (AvgIpc) is 3.15. The number of anilines is 1. The third kappa shape index (κ3) is 3.46. The van der Waals surface area contributed by atoms with Crippen molar-refractivity contribution in [1.82, 2.24) is 4.90 Å². The van der Waals surface area contributed by atoms with Crippen molar-refractivity contribution in [3.05, 3.63) is 51.7 Å². The van der Waals surface area contributed by atoms with Crippen molar-refractivity contribution in [2.24, 2.45) is 0 Å². The standard InChI is InChI=1S/C16H13F3N2O3S/c17-16(18,19)11-3-1-10(2-4-11)9-20-6-7-21(15(20)24)12-5-8-25-13(12)14(22)23/h1-5,8H,6-7,9H2,(H,22,23). The fourth-order valence-corrected chi connectivity index (χ4v) is 3.38. The van der Waals surface area contributed by atoms with Crippen LogP contribution in [0.4, 0.5) is 23.7 Å². The topological polar surface area (TPSA) is 60.9 Å². The SMILES string of the molecule is O=C(O)c1sccc1N1CCN(Cc2ccc(C(F)(F)F)cc2)C1=O. The van der Waals surface area contributed by atoms with Crippen molar-refractivity contribution in [2.75, 3.05) is 18.0 Å². The van der Waals surface area contributed by atoms with Gasteiger partial charge in [0.25, 0.3) is 0 Å². The largest absolute Gasteiger partial charge is 0.477 e. The fraction of sp³-hybridized carbons (Fsp3) is 0.250. The highest BCUT2D eigenvalue weighted by Crippen LogP contribution is 2.31. The molecule has 0 aliphatic carbocycles. The first-order valence-electron chi connectivity index (χ1n) is 7.31. The van der Waals surface area contributed by atoms with Crippen LogP contribution in [0.5, 0.6) is 0 Å². The molecule has 1 aliphatic rings. The van der Waals surface area contributed by atoms with E-state index in [1.165, 1.54) is 21.9 Å². The van der Waals surface area contributed by atoms with Crippen LogP contribution in [0.2, 0.25) is 0 Å². The van der Waals surface area contributed by atoms with Gasteiger partial charge in [-0.1, -0.05) is 12.1 Å². The Hall–Kier alpha value is -2.55. The van der Waals surface area contributed by atoms with E-state index in [-0.39, 0.29) is 17.5 Å². The molecule has 1 fully saturated rings. The van der Waals surface area contributed by atoms with E-state index in [0.29, 0.717) is 24.3 Å². The summed E-state index contributed by atoms with van der Waals surface area (Å²) in [5, 5.41) is 10.8. The number of thiophene rings is 1. The van der Waals surface area contributed by atoms with Crippen LogP contribution in [-0.2, 0) is 12.7 Å². The third-order valence-corrected chi connectivity index (χ3v) is 4.77. The van der Waals surface area contributed by atoms with Crippen molar-refractivity contribution in [1.29, 1.82) is 0 Å². The second-order valence-electron chi connectivity index (χ2n) is 5.49. The van der Waals surface area contributed by atoms with Gasteiger partial charge in [0, 0.05) is 19.6 Å². The number of benzene rings is 1. The van der Waals surface area contributed by atoms with Gasteiger partial charge in [0.2, 0.25) is 0 Å². The number of carbonyl (C=O) groups excluding carboxylic acids is 1. The van der Waals surface area contributed by atoms with E-state index in [1.807, 2.05) is 0 Å². The number of amides is 2. The third-order valence-electron chi connectivity index (χ3n) is 3.88. The van der Waals surface area contributed by atoms with E-state index >= 15 is 0 Å². The minimum Gasteiger partial charge on any atom is -0.477 e. The van der Waals surface area contributed by atoms with Gasteiger partial charge in [0.15, 0.2) is 0 Å². The van der Waals surface area contributed by atoms with Crippen molar-refractivity contribution < 1.29 is 27.9 Å². The van der Waals surface area contributed by atoms with Gasteiger partial charge in [-0.05, 0) is 29.1 Å². The second kappa shape index (κ2) is 6.40. The Morgan fingerprint density at radius 3 is 2.44 bits per heavy atom. The Bertz CT molecular complexity index is 802. The number of alkyl halides is 3. The van der Waals surface area contributed by atoms with E-state index < -0.39 is 17.7 Å². The van der Waals surface area contributed by atoms with E-state index in [2.05, 4.69) is 0 Å². The second-order valence-corrected chi connectivity index (χ2v) is 6.41.